The van der Waals surface area contributed by atoms with Crippen molar-refractivity contribution in [3.05, 3.63) is 62.9 Å². The molecule has 2 aromatic rings. The van der Waals surface area contributed by atoms with Gasteiger partial charge in [-0.05, 0) is 68.8 Å². The van der Waals surface area contributed by atoms with Gasteiger partial charge >= 0.3 is 0 Å². The third kappa shape index (κ3) is 9.01. The van der Waals surface area contributed by atoms with Crippen LogP contribution >= 0.6 is 23.2 Å². The minimum atomic E-state index is -3.67. The lowest BCUT2D eigenvalue weighted by Gasteiger charge is -2.31. The summed E-state index contributed by atoms with van der Waals surface area (Å²) in [6.07, 6.45) is 2.19. The Balaban J connectivity index is 0.000000830. The number of likely N-dealkylation sites (tertiary alicyclic amines) is 1. The predicted molar refractivity (Wildman–Crippen MR) is 137 cm³/mol. The molecular formula is C24H29Cl2FN2O6S. The number of nitrogens with zero attached hydrogens (tertiary/aromatic N) is 1. The summed E-state index contributed by atoms with van der Waals surface area (Å²) in [7, 11) is -2.21. The topological polar surface area (TPSA) is 113 Å². The summed E-state index contributed by atoms with van der Waals surface area (Å²) in [5.41, 5.74) is 1.51. The minimum absolute atomic E-state index is 0.0580. The molecule has 0 radical (unpaired) electrons. The maximum Gasteiger partial charge on any atom is 0.261 e. The van der Waals surface area contributed by atoms with E-state index in [4.69, 9.17) is 32.5 Å². The molecule has 1 aliphatic heterocycles. The lowest BCUT2D eigenvalue weighted by molar-refractivity contribution is 0.0838. The SMILES string of the molecule is COc1c(C(=O)NCCN2CCC(C(=O)c3ccc(F)cc3)CC2)cc(Cl)c(C)c1Cl.CS(=O)(=O)O. The monoisotopic (exact) mass is 562 g/mol. The van der Waals surface area contributed by atoms with Crippen molar-refractivity contribution in [3.63, 3.8) is 0 Å². The van der Waals surface area contributed by atoms with Gasteiger partial charge in [0.2, 0.25) is 0 Å². The van der Waals surface area contributed by atoms with Gasteiger partial charge in [0.25, 0.3) is 16.0 Å². The van der Waals surface area contributed by atoms with Crippen LogP contribution in [-0.2, 0) is 10.1 Å². The first-order valence-corrected chi connectivity index (χ1v) is 13.7. The zero-order valence-corrected chi connectivity index (χ0v) is 22.5. The van der Waals surface area contributed by atoms with E-state index >= 15 is 0 Å². The molecule has 0 aromatic heterocycles. The molecular weight excluding hydrogens is 534 g/mol. The van der Waals surface area contributed by atoms with Gasteiger partial charge < -0.3 is 15.0 Å². The van der Waals surface area contributed by atoms with E-state index in [2.05, 4.69) is 10.2 Å². The van der Waals surface area contributed by atoms with Gasteiger partial charge in [-0.1, -0.05) is 23.2 Å². The quantitative estimate of drug-likeness (QED) is 0.382. The van der Waals surface area contributed by atoms with E-state index in [1.165, 1.54) is 31.4 Å². The number of carbonyl (C=O) groups excluding carboxylic acids is 2. The summed E-state index contributed by atoms with van der Waals surface area (Å²) in [6, 6.07) is 7.27. The smallest absolute Gasteiger partial charge is 0.261 e. The number of ketones is 1. The van der Waals surface area contributed by atoms with Crippen LogP contribution in [0.1, 0.15) is 39.1 Å². The standard InChI is InChI=1S/C23H25Cl2FN2O3.CH4O3S/c1-14-19(24)13-18(22(31-2)20(14)25)23(30)27-9-12-28-10-7-16(8-11-28)21(29)15-3-5-17(26)6-4-15;1-5(2,3)4/h3-6,13,16H,7-12H2,1-2H3,(H,27,30);1H3,(H,2,3,4). The number of methoxy groups -OCH3 is 1. The fraction of sp³-hybridized carbons (Fsp3) is 0.417. The zero-order valence-electron chi connectivity index (χ0n) is 20.2. The molecule has 1 amide bonds. The van der Waals surface area contributed by atoms with Crippen LogP contribution in [0.2, 0.25) is 10.0 Å². The molecule has 8 nitrogen and oxygen atoms in total. The van der Waals surface area contributed by atoms with Crippen molar-refractivity contribution in [2.24, 2.45) is 5.92 Å². The number of hydrogen-bond donors (Lipinski definition) is 2. The highest BCUT2D eigenvalue weighted by Crippen LogP contribution is 2.36. The van der Waals surface area contributed by atoms with Crippen molar-refractivity contribution >= 4 is 45.0 Å². The summed E-state index contributed by atoms with van der Waals surface area (Å²) < 4.78 is 44.2. The van der Waals surface area contributed by atoms with Crippen molar-refractivity contribution in [1.82, 2.24) is 10.2 Å². The Morgan fingerprint density at radius 2 is 1.75 bits per heavy atom. The van der Waals surface area contributed by atoms with Gasteiger partial charge in [0, 0.05) is 29.6 Å². The summed E-state index contributed by atoms with van der Waals surface area (Å²) in [4.78, 5) is 27.4. The molecule has 0 aliphatic carbocycles. The van der Waals surface area contributed by atoms with Crippen LogP contribution in [0.15, 0.2) is 30.3 Å². The molecule has 2 aromatic carbocycles. The first-order chi connectivity index (χ1) is 16.8. The van der Waals surface area contributed by atoms with Crippen LogP contribution < -0.4 is 10.1 Å². The van der Waals surface area contributed by atoms with Crippen LogP contribution in [0.3, 0.4) is 0 Å². The molecule has 1 saturated heterocycles. The van der Waals surface area contributed by atoms with Gasteiger partial charge in [0.05, 0.1) is 24.0 Å². The Hall–Kier alpha value is -2.24. The van der Waals surface area contributed by atoms with E-state index < -0.39 is 10.1 Å². The van der Waals surface area contributed by atoms with E-state index in [0.29, 0.717) is 51.8 Å². The summed E-state index contributed by atoms with van der Waals surface area (Å²) >= 11 is 12.4. The van der Waals surface area contributed by atoms with Crippen molar-refractivity contribution < 1.29 is 31.7 Å². The lowest BCUT2D eigenvalue weighted by atomic mass is 9.89. The Morgan fingerprint density at radius 3 is 2.28 bits per heavy atom. The van der Waals surface area contributed by atoms with Gasteiger partial charge in [-0.25, -0.2) is 4.39 Å². The van der Waals surface area contributed by atoms with Crippen molar-refractivity contribution in [3.8, 4) is 5.75 Å². The highest BCUT2D eigenvalue weighted by atomic mass is 35.5. The van der Waals surface area contributed by atoms with Crippen LogP contribution in [-0.4, -0.2) is 69.1 Å². The molecule has 3 rings (SSSR count). The predicted octanol–water partition coefficient (Wildman–Crippen LogP) is 4.28. The van der Waals surface area contributed by atoms with Crippen LogP contribution in [0.4, 0.5) is 4.39 Å². The Kier molecular flexibility index (Phi) is 11.1. The molecule has 1 aliphatic rings. The zero-order chi connectivity index (χ0) is 27.0. The van der Waals surface area contributed by atoms with E-state index in [1.54, 1.807) is 13.0 Å². The number of Topliss-reactive ketones (excluding diaryl/α,β-unsaturated/α-hetero) is 1. The second-order valence-corrected chi connectivity index (χ2v) is 10.6. The molecule has 0 unspecified atom stereocenters. The highest BCUT2D eigenvalue weighted by molar-refractivity contribution is 7.85. The molecule has 0 atom stereocenters. The fourth-order valence-corrected chi connectivity index (χ4v) is 4.29. The average Bonchev–Trinajstić information content (AvgIpc) is 2.81. The minimum Gasteiger partial charge on any atom is -0.494 e. The third-order valence-electron chi connectivity index (χ3n) is 5.65. The largest absolute Gasteiger partial charge is 0.494 e. The fourth-order valence-electron chi connectivity index (χ4n) is 3.75. The average molecular weight is 563 g/mol. The molecule has 36 heavy (non-hydrogen) atoms. The number of nitrogens with one attached hydrogen (secondary N) is 1. The molecule has 0 spiro atoms. The van der Waals surface area contributed by atoms with Gasteiger partial charge in [0.1, 0.15) is 5.82 Å². The molecule has 0 bridgehead atoms. The summed E-state index contributed by atoms with van der Waals surface area (Å²) in [5.74, 6) is -0.338. The normalized spacial score (nSPS) is 14.5. The number of amides is 1. The van der Waals surface area contributed by atoms with Crippen molar-refractivity contribution in [2.75, 3.05) is 39.5 Å². The number of rotatable bonds is 7. The Labute approximate surface area is 220 Å². The van der Waals surface area contributed by atoms with Crippen molar-refractivity contribution in [1.29, 1.82) is 0 Å². The third-order valence-corrected chi connectivity index (χ3v) is 6.50. The van der Waals surface area contributed by atoms with E-state index in [1.807, 2.05) is 0 Å². The number of halogens is 3. The van der Waals surface area contributed by atoms with Gasteiger partial charge in [0.15, 0.2) is 11.5 Å². The van der Waals surface area contributed by atoms with Crippen LogP contribution in [0.25, 0.3) is 0 Å². The van der Waals surface area contributed by atoms with Crippen LogP contribution in [0, 0.1) is 18.7 Å². The van der Waals surface area contributed by atoms with E-state index in [-0.39, 0.29) is 23.4 Å². The second-order valence-electron chi connectivity index (χ2n) is 8.35. The molecule has 2 N–H and O–H groups in total. The molecule has 0 saturated carbocycles. The van der Waals surface area contributed by atoms with Crippen molar-refractivity contribution in [2.45, 2.75) is 19.8 Å². The van der Waals surface area contributed by atoms with E-state index in [9.17, 15) is 22.4 Å². The number of carbonyl (C=O) groups is 2. The first kappa shape index (κ1) is 30.0. The number of ether oxygens (including phenoxy) is 1. The van der Waals surface area contributed by atoms with E-state index in [0.717, 1.165) is 25.9 Å². The molecule has 12 heteroatoms. The maximum absolute atomic E-state index is 13.1. The van der Waals surface area contributed by atoms with Gasteiger partial charge in [-0.2, -0.15) is 8.42 Å². The Bertz CT molecular complexity index is 1180. The summed E-state index contributed by atoms with van der Waals surface area (Å²) in [6.45, 7) is 4.40. The number of piperidine rings is 1. The van der Waals surface area contributed by atoms with Crippen LogP contribution in [0.5, 0.6) is 5.75 Å². The molecule has 198 valence electrons. The lowest BCUT2D eigenvalue weighted by Crippen LogP contribution is -2.41. The second kappa shape index (κ2) is 13.3. The number of hydrogen-bond acceptors (Lipinski definition) is 6. The highest BCUT2D eigenvalue weighted by Gasteiger charge is 2.26. The molecule has 1 fully saturated rings. The Morgan fingerprint density at radius 1 is 1.19 bits per heavy atom. The maximum atomic E-state index is 13.1. The first-order valence-electron chi connectivity index (χ1n) is 11.1. The van der Waals surface area contributed by atoms with Gasteiger partial charge in [-0.15, -0.1) is 0 Å². The number of benzene rings is 2. The molecule has 1 heterocycles. The van der Waals surface area contributed by atoms with Gasteiger partial charge in [-0.3, -0.25) is 14.1 Å². The summed E-state index contributed by atoms with van der Waals surface area (Å²) in [5, 5.41) is 3.61.